The molecule has 30 heavy (non-hydrogen) atoms. The summed E-state index contributed by atoms with van der Waals surface area (Å²) in [6.45, 7) is 13.6. The van der Waals surface area contributed by atoms with Crippen LogP contribution in [0.2, 0.25) is 0 Å². The first kappa shape index (κ1) is 20.9. The summed E-state index contributed by atoms with van der Waals surface area (Å²) in [6.07, 6.45) is 3.30. The summed E-state index contributed by atoms with van der Waals surface area (Å²) in [5.41, 5.74) is 1.38. The molecule has 2 bridgehead atoms. The third kappa shape index (κ3) is 3.96. The van der Waals surface area contributed by atoms with Gasteiger partial charge in [0.25, 0.3) is 5.56 Å². The zero-order chi connectivity index (χ0) is 21.9. The minimum atomic E-state index is -0.349. The van der Waals surface area contributed by atoms with Crippen molar-refractivity contribution in [1.82, 2.24) is 14.9 Å². The second-order valence-electron chi connectivity index (χ2n) is 11.5. The van der Waals surface area contributed by atoms with E-state index in [-0.39, 0.29) is 34.4 Å². The van der Waals surface area contributed by atoms with Gasteiger partial charge in [0.1, 0.15) is 6.54 Å². The quantitative estimate of drug-likeness (QED) is 0.838. The predicted octanol–water partition coefficient (Wildman–Crippen LogP) is 3.72. The second kappa shape index (κ2) is 6.82. The topological polar surface area (TPSA) is 67.2 Å². The Hall–Kier alpha value is -2.37. The number of aromatic nitrogens is 2. The van der Waals surface area contributed by atoms with E-state index in [4.69, 9.17) is 4.98 Å². The first-order chi connectivity index (χ1) is 13.9. The number of anilines is 1. The maximum Gasteiger partial charge on any atom is 0.294 e. The van der Waals surface area contributed by atoms with Crippen LogP contribution in [0.5, 0.6) is 0 Å². The van der Waals surface area contributed by atoms with Crippen LogP contribution >= 0.6 is 0 Å². The van der Waals surface area contributed by atoms with Gasteiger partial charge < -0.3 is 10.2 Å². The Labute approximate surface area is 178 Å². The lowest BCUT2D eigenvalue weighted by Crippen LogP contribution is -2.44. The average Bonchev–Trinajstić information content (AvgIpc) is 2.84. The molecule has 2 aromatic rings. The van der Waals surface area contributed by atoms with Crippen LogP contribution in [0.3, 0.4) is 0 Å². The number of rotatable bonds is 3. The van der Waals surface area contributed by atoms with Gasteiger partial charge in [-0.05, 0) is 63.0 Å². The summed E-state index contributed by atoms with van der Waals surface area (Å²) in [4.78, 5) is 33.3. The first-order valence-corrected chi connectivity index (χ1v) is 10.9. The van der Waals surface area contributed by atoms with Crippen LogP contribution in [-0.2, 0) is 11.3 Å². The summed E-state index contributed by atoms with van der Waals surface area (Å²) in [5, 5.41) is 2.97. The molecule has 0 radical (unpaired) electrons. The number of nitrogens with zero attached hydrogens (tertiary/aromatic N) is 3. The van der Waals surface area contributed by atoms with Crippen LogP contribution in [0.4, 0.5) is 5.82 Å². The van der Waals surface area contributed by atoms with Crippen molar-refractivity contribution >= 4 is 22.8 Å². The van der Waals surface area contributed by atoms with E-state index < -0.39 is 0 Å². The highest BCUT2D eigenvalue weighted by Gasteiger charge is 2.50. The minimum Gasteiger partial charge on any atom is -0.350 e. The molecular formula is C24H34N4O2. The van der Waals surface area contributed by atoms with Gasteiger partial charge >= 0.3 is 0 Å². The van der Waals surface area contributed by atoms with E-state index >= 15 is 0 Å². The van der Waals surface area contributed by atoms with Crippen LogP contribution < -0.4 is 15.8 Å². The van der Waals surface area contributed by atoms with Crippen LogP contribution in [-0.4, -0.2) is 33.6 Å². The highest BCUT2D eigenvalue weighted by atomic mass is 16.2. The van der Waals surface area contributed by atoms with Crippen molar-refractivity contribution in [3.63, 3.8) is 0 Å². The summed E-state index contributed by atoms with van der Waals surface area (Å²) < 4.78 is 1.59. The van der Waals surface area contributed by atoms with Gasteiger partial charge in [-0.15, -0.1) is 0 Å². The van der Waals surface area contributed by atoms with Crippen LogP contribution in [0, 0.1) is 10.8 Å². The summed E-state index contributed by atoms with van der Waals surface area (Å²) in [7, 11) is 0. The van der Waals surface area contributed by atoms with E-state index in [1.54, 1.807) is 4.57 Å². The number of para-hydroxylation sites is 2. The van der Waals surface area contributed by atoms with Crippen LogP contribution in [0.1, 0.15) is 60.8 Å². The fourth-order valence-electron chi connectivity index (χ4n) is 5.83. The monoisotopic (exact) mass is 410 g/mol. The van der Waals surface area contributed by atoms with Crippen LogP contribution in [0.25, 0.3) is 11.0 Å². The fourth-order valence-corrected chi connectivity index (χ4v) is 5.83. The van der Waals surface area contributed by atoms with E-state index in [1.165, 1.54) is 0 Å². The van der Waals surface area contributed by atoms with Gasteiger partial charge in [-0.3, -0.25) is 14.2 Å². The SMILES string of the molecule is CC1(C)C[C@H]2C[C@@](C)(CN2c2nc3ccccc3n(CC(=O)NC(C)(C)C)c2=O)C1. The highest BCUT2D eigenvalue weighted by molar-refractivity contribution is 5.81. The van der Waals surface area contributed by atoms with Gasteiger partial charge in [0, 0.05) is 18.1 Å². The summed E-state index contributed by atoms with van der Waals surface area (Å²) >= 11 is 0. The molecule has 1 saturated carbocycles. The molecule has 1 aliphatic heterocycles. The Bertz CT molecular complexity index is 1050. The minimum absolute atomic E-state index is 0.00654. The number of carbonyl (C=O) groups is 1. The zero-order valence-electron chi connectivity index (χ0n) is 19.1. The highest BCUT2D eigenvalue weighted by Crippen LogP contribution is 2.52. The fraction of sp³-hybridized carbons (Fsp3) is 0.625. The van der Waals surface area contributed by atoms with Gasteiger partial charge in [0.05, 0.1) is 11.0 Å². The molecular weight excluding hydrogens is 376 g/mol. The maximum absolute atomic E-state index is 13.6. The maximum atomic E-state index is 13.6. The van der Waals surface area contributed by atoms with Crippen molar-refractivity contribution in [2.75, 3.05) is 11.4 Å². The Morgan fingerprint density at radius 2 is 1.90 bits per heavy atom. The lowest BCUT2D eigenvalue weighted by atomic mass is 9.65. The van der Waals surface area contributed by atoms with Crippen molar-refractivity contribution < 1.29 is 4.79 Å². The van der Waals surface area contributed by atoms with Gasteiger partial charge in [0.2, 0.25) is 5.91 Å². The molecule has 2 heterocycles. The largest absolute Gasteiger partial charge is 0.350 e. The number of hydrogen-bond donors (Lipinski definition) is 1. The van der Waals surface area contributed by atoms with Gasteiger partial charge in [-0.25, -0.2) is 4.98 Å². The van der Waals surface area contributed by atoms with Gasteiger partial charge in [-0.1, -0.05) is 32.9 Å². The Kier molecular flexibility index (Phi) is 4.75. The summed E-state index contributed by atoms with van der Waals surface area (Å²) in [6, 6.07) is 7.91. The standard InChI is InChI=1S/C24H34N4O2/c1-22(2,3)26-19(29)13-27-18-10-8-7-9-17(18)25-20(21(27)30)28-15-24(6)12-16(28)11-23(4,5)14-24/h7-10,16H,11-15H2,1-6H3,(H,26,29)/t16-,24+/m0/s1. The molecule has 1 amide bonds. The second-order valence-corrected chi connectivity index (χ2v) is 11.5. The molecule has 0 unspecified atom stereocenters. The molecule has 1 N–H and O–H groups in total. The van der Waals surface area contributed by atoms with E-state index in [9.17, 15) is 9.59 Å². The normalized spacial score (nSPS) is 25.5. The van der Waals surface area contributed by atoms with Crippen LogP contribution in [0.15, 0.2) is 29.1 Å². The lowest BCUT2D eigenvalue weighted by Gasteiger charge is -2.39. The molecule has 1 saturated heterocycles. The Morgan fingerprint density at radius 3 is 2.60 bits per heavy atom. The van der Waals surface area contributed by atoms with Crippen molar-refractivity contribution in [1.29, 1.82) is 0 Å². The number of benzene rings is 1. The zero-order valence-corrected chi connectivity index (χ0v) is 19.1. The van der Waals surface area contributed by atoms with E-state index in [0.717, 1.165) is 31.3 Å². The molecule has 162 valence electrons. The molecule has 4 rings (SSSR count). The van der Waals surface area contributed by atoms with Crippen molar-refractivity contribution in [2.24, 2.45) is 10.8 Å². The van der Waals surface area contributed by atoms with Crippen molar-refractivity contribution in [3.05, 3.63) is 34.6 Å². The molecule has 1 aromatic heterocycles. The number of hydrogen-bond acceptors (Lipinski definition) is 4. The molecule has 1 aliphatic carbocycles. The number of nitrogens with one attached hydrogen (secondary N) is 1. The summed E-state index contributed by atoms with van der Waals surface area (Å²) in [5.74, 6) is 0.323. The molecule has 1 aromatic carbocycles. The van der Waals surface area contributed by atoms with Gasteiger partial charge in [0.15, 0.2) is 5.82 Å². The molecule has 6 nitrogen and oxygen atoms in total. The third-order valence-electron chi connectivity index (χ3n) is 6.34. The van der Waals surface area contributed by atoms with Crippen molar-refractivity contribution in [3.8, 4) is 0 Å². The number of amides is 1. The van der Waals surface area contributed by atoms with E-state index in [1.807, 2.05) is 45.0 Å². The first-order valence-electron chi connectivity index (χ1n) is 10.9. The smallest absolute Gasteiger partial charge is 0.294 e. The Balaban J connectivity index is 1.78. The number of carbonyl (C=O) groups excluding carboxylic acids is 1. The predicted molar refractivity (Wildman–Crippen MR) is 121 cm³/mol. The lowest BCUT2D eigenvalue weighted by molar-refractivity contribution is -0.123. The molecule has 6 heteroatoms. The average molecular weight is 411 g/mol. The molecule has 0 spiro atoms. The third-order valence-corrected chi connectivity index (χ3v) is 6.34. The van der Waals surface area contributed by atoms with Crippen molar-refractivity contribution in [2.45, 2.75) is 78.9 Å². The number of fused-ring (bicyclic) bond motifs is 3. The van der Waals surface area contributed by atoms with E-state index in [2.05, 4.69) is 31.0 Å². The van der Waals surface area contributed by atoms with E-state index in [0.29, 0.717) is 17.4 Å². The van der Waals surface area contributed by atoms with Gasteiger partial charge in [-0.2, -0.15) is 0 Å². The Morgan fingerprint density at radius 1 is 1.20 bits per heavy atom. The molecule has 2 aliphatic rings. The molecule has 2 atom stereocenters. The molecule has 2 fully saturated rings.